The second-order valence-electron chi connectivity index (χ2n) is 3.63. The first-order chi connectivity index (χ1) is 7.25. The van der Waals surface area contributed by atoms with Gasteiger partial charge in [0.15, 0.2) is 0 Å². The molecule has 0 saturated heterocycles. The smallest absolute Gasteiger partial charge is 0.232 e. The van der Waals surface area contributed by atoms with Crippen LogP contribution in [0.15, 0.2) is 12.4 Å². The lowest BCUT2D eigenvalue weighted by Gasteiger charge is -2.11. The fourth-order valence-corrected chi connectivity index (χ4v) is 1.79. The minimum atomic E-state index is 0.259. The van der Waals surface area contributed by atoms with Gasteiger partial charge in [-0.2, -0.15) is 0 Å². The number of nitrogens with two attached hydrogens (primary N) is 1. The minimum absolute atomic E-state index is 0.259. The Hall–Kier alpha value is -1.23. The predicted molar refractivity (Wildman–Crippen MR) is 60.8 cm³/mol. The van der Waals surface area contributed by atoms with E-state index in [1.807, 2.05) is 0 Å². The zero-order valence-electron chi connectivity index (χ0n) is 8.35. The zero-order valence-corrected chi connectivity index (χ0v) is 9.17. The molecule has 80 valence electrons. The first kappa shape index (κ1) is 10.3. The van der Waals surface area contributed by atoms with Gasteiger partial charge in [0.2, 0.25) is 5.88 Å². The molecule has 1 aromatic rings. The monoisotopic (exact) mass is 223 g/mol. The largest absolute Gasteiger partial charge is 0.473 e. The Labute approximate surface area is 93.9 Å². The first-order valence-electron chi connectivity index (χ1n) is 5.04. The van der Waals surface area contributed by atoms with Crippen LogP contribution in [0.25, 0.3) is 0 Å². The average molecular weight is 223 g/mol. The third-order valence-corrected chi connectivity index (χ3v) is 2.68. The van der Waals surface area contributed by atoms with Crippen molar-refractivity contribution in [2.45, 2.75) is 31.8 Å². The van der Waals surface area contributed by atoms with Gasteiger partial charge in [-0.3, -0.25) is 0 Å². The fraction of sp³-hybridized carbons (Fsp3) is 0.500. The highest BCUT2D eigenvalue weighted by atomic mass is 32.1. The minimum Gasteiger partial charge on any atom is -0.473 e. The molecule has 1 aliphatic rings. The van der Waals surface area contributed by atoms with Gasteiger partial charge in [0.25, 0.3) is 0 Å². The maximum Gasteiger partial charge on any atom is 0.232 e. The molecule has 0 aromatic carbocycles. The van der Waals surface area contributed by atoms with Crippen molar-refractivity contribution in [3.05, 3.63) is 18.1 Å². The molecule has 0 unspecified atom stereocenters. The summed E-state index contributed by atoms with van der Waals surface area (Å²) in [5.74, 6) is 0.557. The summed E-state index contributed by atoms with van der Waals surface area (Å²) >= 11 is 4.78. The van der Waals surface area contributed by atoms with Crippen LogP contribution in [0.4, 0.5) is 0 Å². The molecule has 2 rings (SSSR count). The molecule has 15 heavy (non-hydrogen) atoms. The summed E-state index contributed by atoms with van der Waals surface area (Å²) in [5.41, 5.74) is 5.95. The van der Waals surface area contributed by atoms with E-state index in [1.165, 1.54) is 12.8 Å². The highest BCUT2D eigenvalue weighted by Crippen LogP contribution is 2.22. The van der Waals surface area contributed by atoms with Crippen LogP contribution in [0, 0.1) is 0 Å². The Kier molecular flexibility index (Phi) is 3.11. The van der Waals surface area contributed by atoms with Crippen molar-refractivity contribution in [2.24, 2.45) is 5.73 Å². The van der Waals surface area contributed by atoms with Crippen molar-refractivity contribution in [2.75, 3.05) is 0 Å². The van der Waals surface area contributed by atoms with Gasteiger partial charge in [-0.15, -0.1) is 0 Å². The standard InChI is InChI=1S/C10H13N3OS/c11-10(15)8-5-13-9(6-12-8)14-7-3-1-2-4-7/h5-7H,1-4H2,(H2,11,15). The van der Waals surface area contributed by atoms with Crippen LogP contribution in [-0.2, 0) is 0 Å². The van der Waals surface area contributed by atoms with Crippen LogP contribution in [0.2, 0.25) is 0 Å². The molecular weight excluding hydrogens is 210 g/mol. The average Bonchev–Trinajstić information content (AvgIpc) is 2.71. The molecule has 1 aliphatic carbocycles. The maximum absolute atomic E-state index is 5.65. The lowest BCUT2D eigenvalue weighted by molar-refractivity contribution is 0.200. The van der Waals surface area contributed by atoms with Crippen molar-refractivity contribution < 1.29 is 4.74 Å². The molecule has 0 aliphatic heterocycles. The van der Waals surface area contributed by atoms with E-state index in [2.05, 4.69) is 9.97 Å². The zero-order chi connectivity index (χ0) is 10.7. The van der Waals surface area contributed by atoms with Gasteiger partial charge in [0, 0.05) is 0 Å². The number of aromatic nitrogens is 2. The van der Waals surface area contributed by atoms with Crippen LogP contribution < -0.4 is 10.5 Å². The van der Waals surface area contributed by atoms with Crippen molar-refractivity contribution in [1.82, 2.24) is 9.97 Å². The molecule has 1 heterocycles. The molecule has 1 aromatic heterocycles. The van der Waals surface area contributed by atoms with Crippen molar-refractivity contribution in [3.63, 3.8) is 0 Å². The summed E-state index contributed by atoms with van der Waals surface area (Å²) in [7, 11) is 0. The van der Waals surface area contributed by atoms with E-state index in [9.17, 15) is 0 Å². The second kappa shape index (κ2) is 4.53. The maximum atomic E-state index is 5.65. The normalized spacial score (nSPS) is 16.5. The van der Waals surface area contributed by atoms with E-state index in [0.717, 1.165) is 12.8 Å². The van der Waals surface area contributed by atoms with Crippen LogP contribution in [-0.4, -0.2) is 21.1 Å². The van der Waals surface area contributed by atoms with Crippen LogP contribution in [0.1, 0.15) is 31.4 Å². The summed E-state index contributed by atoms with van der Waals surface area (Å²) in [5, 5.41) is 0. The highest BCUT2D eigenvalue weighted by molar-refractivity contribution is 7.80. The fourth-order valence-electron chi connectivity index (χ4n) is 1.68. The Bertz CT molecular complexity index is 346. The third kappa shape index (κ3) is 2.62. The van der Waals surface area contributed by atoms with E-state index in [4.69, 9.17) is 22.7 Å². The van der Waals surface area contributed by atoms with Crippen molar-refractivity contribution in [3.8, 4) is 5.88 Å². The Morgan fingerprint density at radius 3 is 2.60 bits per heavy atom. The molecule has 0 bridgehead atoms. The molecular formula is C10H13N3OS. The lowest BCUT2D eigenvalue weighted by Crippen LogP contribution is -2.14. The summed E-state index contributed by atoms with van der Waals surface area (Å²) in [6, 6.07) is 0. The van der Waals surface area contributed by atoms with E-state index in [1.54, 1.807) is 12.4 Å². The van der Waals surface area contributed by atoms with Gasteiger partial charge in [-0.05, 0) is 25.7 Å². The number of ether oxygens (including phenoxy) is 1. The van der Waals surface area contributed by atoms with Gasteiger partial charge in [0.05, 0.1) is 12.4 Å². The molecule has 0 atom stereocenters. The van der Waals surface area contributed by atoms with E-state index in [0.29, 0.717) is 17.7 Å². The SMILES string of the molecule is NC(=S)c1cnc(OC2CCCC2)cn1. The molecule has 4 nitrogen and oxygen atoms in total. The van der Waals surface area contributed by atoms with Gasteiger partial charge in [-0.25, -0.2) is 9.97 Å². The molecule has 1 saturated carbocycles. The topological polar surface area (TPSA) is 61.0 Å². The summed E-state index contributed by atoms with van der Waals surface area (Å²) in [6.45, 7) is 0. The Balaban J connectivity index is 2.00. The quantitative estimate of drug-likeness (QED) is 0.785. The van der Waals surface area contributed by atoms with Gasteiger partial charge in [0.1, 0.15) is 16.8 Å². The van der Waals surface area contributed by atoms with Crippen molar-refractivity contribution >= 4 is 17.2 Å². The number of hydrogen-bond acceptors (Lipinski definition) is 4. The van der Waals surface area contributed by atoms with E-state index < -0.39 is 0 Å². The molecule has 5 heteroatoms. The van der Waals surface area contributed by atoms with Gasteiger partial charge >= 0.3 is 0 Å². The number of rotatable bonds is 3. The molecule has 0 radical (unpaired) electrons. The Morgan fingerprint density at radius 1 is 1.33 bits per heavy atom. The van der Waals surface area contributed by atoms with Gasteiger partial charge < -0.3 is 10.5 Å². The van der Waals surface area contributed by atoms with E-state index in [-0.39, 0.29) is 4.99 Å². The van der Waals surface area contributed by atoms with Crippen LogP contribution in [0.5, 0.6) is 5.88 Å². The van der Waals surface area contributed by atoms with Crippen molar-refractivity contribution in [1.29, 1.82) is 0 Å². The Morgan fingerprint density at radius 2 is 2.07 bits per heavy atom. The lowest BCUT2D eigenvalue weighted by atomic mass is 10.3. The summed E-state index contributed by atoms with van der Waals surface area (Å²) in [4.78, 5) is 8.44. The van der Waals surface area contributed by atoms with Crippen LogP contribution in [0.3, 0.4) is 0 Å². The molecule has 2 N–H and O–H groups in total. The first-order valence-corrected chi connectivity index (χ1v) is 5.45. The van der Waals surface area contributed by atoms with Gasteiger partial charge in [-0.1, -0.05) is 12.2 Å². The highest BCUT2D eigenvalue weighted by Gasteiger charge is 2.17. The summed E-state index contributed by atoms with van der Waals surface area (Å²) in [6.07, 6.45) is 8.12. The summed E-state index contributed by atoms with van der Waals surface area (Å²) < 4.78 is 5.65. The number of thiocarbonyl (C=S) groups is 1. The third-order valence-electron chi connectivity index (χ3n) is 2.47. The number of nitrogens with zero attached hydrogens (tertiary/aromatic N) is 2. The van der Waals surface area contributed by atoms with E-state index >= 15 is 0 Å². The molecule has 0 spiro atoms. The molecule has 1 fully saturated rings. The molecule has 0 amide bonds. The number of hydrogen-bond donors (Lipinski definition) is 1. The van der Waals surface area contributed by atoms with Crippen LogP contribution >= 0.6 is 12.2 Å². The second-order valence-corrected chi connectivity index (χ2v) is 4.07. The predicted octanol–water partition coefficient (Wildman–Crippen LogP) is 1.43.